The third-order valence-electron chi connectivity index (χ3n) is 3.99. The Kier molecular flexibility index (Phi) is 4.01. The number of carbonyl (C=O) groups is 1. The van der Waals surface area contributed by atoms with E-state index in [1.54, 1.807) is 13.1 Å². The van der Waals surface area contributed by atoms with Crippen LogP contribution < -0.4 is 5.32 Å². The van der Waals surface area contributed by atoms with E-state index < -0.39 is 0 Å². The molecule has 110 valence electrons. The monoisotopic (exact) mass is 284 g/mol. The number of nitrogens with zero attached hydrogens (tertiary/aromatic N) is 3. The van der Waals surface area contributed by atoms with Crippen molar-refractivity contribution in [2.24, 2.45) is 0 Å². The molecule has 1 amide bonds. The van der Waals surface area contributed by atoms with E-state index in [1.807, 2.05) is 34.1 Å². The summed E-state index contributed by atoms with van der Waals surface area (Å²) < 4.78 is 2.02. The molecule has 2 aromatic rings. The average Bonchev–Trinajstić information content (AvgIpc) is 3.17. The number of imidazole rings is 1. The molecule has 5 heteroatoms. The van der Waals surface area contributed by atoms with Gasteiger partial charge in [0.05, 0.1) is 12.0 Å². The van der Waals surface area contributed by atoms with Gasteiger partial charge in [0.15, 0.2) is 0 Å². The summed E-state index contributed by atoms with van der Waals surface area (Å²) in [5, 5.41) is 3.56. The number of likely N-dealkylation sites (tertiary alicyclic amines) is 1. The van der Waals surface area contributed by atoms with Crippen LogP contribution >= 0.6 is 0 Å². The molecule has 2 heterocycles. The molecule has 0 bridgehead atoms. The minimum Gasteiger partial charge on any atom is -0.341 e. The van der Waals surface area contributed by atoms with Crippen LogP contribution in [0.15, 0.2) is 43.0 Å². The van der Waals surface area contributed by atoms with E-state index in [0.717, 1.165) is 31.7 Å². The first-order valence-electron chi connectivity index (χ1n) is 7.29. The van der Waals surface area contributed by atoms with Crippen molar-refractivity contribution in [1.29, 1.82) is 0 Å². The lowest BCUT2D eigenvalue weighted by Gasteiger charge is -2.16. The minimum atomic E-state index is 0.165. The molecular weight excluding hydrogens is 264 g/mol. The van der Waals surface area contributed by atoms with E-state index in [9.17, 15) is 4.79 Å². The lowest BCUT2D eigenvalue weighted by atomic mass is 10.1. The van der Waals surface area contributed by atoms with Crippen molar-refractivity contribution in [2.75, 3.05) is 13.1 Å². The van der Waals surface area contributed by atoms with Crippen molar-refractivity contribution in [3.63, 3.8) is 0 Å². The van der Waals surface area contributed by atoms with E-state index >= 15 is 0 Å². The lowest BCUT2D eigenvalue weighted by Crippen LogP contribution is -2.34. The predicted octanol–water partition coefficient (Wildman–Crippen LogP) is 1.58. The van der Waals surface area contributed by atoms with Gasteiger partial charge in [-0.15, -0.1) is 0 Å². The van der Waals surface area contributed by atoms with Crippen LogP contribution in [0.1, 0.15) is 18.9 Å². The third kappa shape index (κ3) is 3.13. The average molecular weight is 284 g/mol. The molecule has 1 aliphatic heterocycles. The molecule has 1 aromatic carbocycles. The van der Waals surface area contributed by atoms with Crippen LogP contribution in [0.4, 0.5) is 0 Å². The second-order valence-electron chi connectivity index (χ2n) is 5.43. The first-order valence-corrected chi connectivity index (χ1v) is 7.29. The van der Waals surface area contributed by atoms with Gasteiger partial charge in [0, 0.05) is 45.0 Å². The maximum absolute atomic E-state index is 11.4. The first-order chi connectivity index (χ1) is 10.2. The van der Waals surface area contributed by atoms with Gasteiger partial charge in [-0.1, -0.05) is 18.2 Å². The summed E-state index contributed by atoms with van der Waals surface area (Å²) in [5.74, 6) is 0.165. The summed E-state index contributed by atoms with van der Waals surface area (Å²) in [7, 11) is 0. The first kappa shape index (κ1) is 13.8. The number of aromatic nitrogens is 2. The number of benzene rings is 1. The SMILES string of the molecule is CC(=O)N1CC[C@@H](NCc2ccccc2-n2ccnc2)C1. The van der Waals surface area contributed by atoms with Crippen molar-refractivity contribution in [1.82, 2.24) is 19.8 Å². The highest BCUT2D eigenvalue weighted by atomic mass is 16.2. The Bertz CT molecular complexity index is 608. The zero-order chi connectivity index (χ0) is 14.7. The summed E-state index contributed by atoms with van der Waals surface area (Å²) in [4.78, 5) is 17.4. The number of hydrogen-bond acceptors (Lipinski definition) is 3. The van der Waals surface area contributed by atoms with Crippen LogP contribution in [0.3, 0.4) is 0 Å². The summed E-state index contributed by atoms with van der Waals surface area (Å²) in [6.45, 7) is 4.10. The molecule has 1 fully saturated rings. The Morgan fingerprint density at radius 2 is 2.29 bits per heavy atom. The van der Waals surface area contributed by atoms with E-state index in [2.05, 4.69) is 22.4 Å². The van der Waals surface area contributed by atoms with Crippen LogP contribution in [0, 0.1) is 0 Å². The predicted molar refractivity (Wildman–Crippen MR) is 81.1 cm³/mol. The standard InChI is InChI=1S/C16H20N4O/c1-13(21)19-8-6-15(11-19)18-10-14-4-2-3-5-16(14)20-9-7-17-12-20/h2-5,7,9,12,15,18H,6,8,10-11H2,1H3/t15-/m1/s1. The molecule has 0 spiro atoms. The number of para-hydroxylation sites is 1. The molecule has 1 N–H and O–H groups in total. The Balaban J connectivity index is 1.65. The van der Waals surface area contributed by atoms with Gasteiger partial charge in [-0.2, -0.15) is 0 Å². The summed E-state index contributed by atoms with van der Waals surface area (Å²) in [6.07, 6.45) is 6.57. The molecule has 0 aliphatic carbocycles. The van der Waals surface area contributed by atoms with Gasteiger partial charge in [0.2, 0.25) is 5.91 Å². The molecule has 1 saturated heterocycles. The highest BCUT2D eigenvalue weighted by molar-refractivity contribution is 5.73. The fraction of sp³-hybridized carbons (Fsp3) is 0.375. The fourth-order valence-corrected chi connectivity index (χ4v) is 2.78. The molecule has 0 radical (unpaired) electrons. The number of rotatable bonds is 4. The smallest absolute Gasteiger partial charge is 0.219 e. The number of hydrogen-bond donors (Lipinski definition) is 1. The van der Waals surface area contributed by atoms with Crippen LogP contribution in [0.5, 0.6) is 0 Å². The van der Waals surface area contributed by atoms with Crippen molar-refractivity contribution in [2.45, 2.75) is 25.9 Å². The van der Waals surface area contributed by atoms with Crippen LogP contribution in [-0.4, -0.2) is 39.5 Å². The molecule has 1 atom stereocenters. The van der Waals surface area contributed by atoms with Gasteiger partial charge in [0.1, 0.15) is 0 Å². The molecule has 1 aliphatic rings. The van der Waals surface area contributed by atoms with Crippen LogP contribution in [0.2, 0.25) is 0 Å². The lowest BCUT2D eigenvalue weighted by molar-refractivity contribution is -0.127. The highest BCUT2D eigenvalue weighted by Crippen LogP contribution is 2.15. The summed E-state index contributed by atoms with van der Waals surface area (Å²) in [6, 6.07) is 8.68. The van der Waals surface area contributed by atoms with Gasteiger partial charge >= 0.3 is 0 Å². The van der Waals surface area contributed by atoms with Crippen LogP contribution in [-0.2, 0) is 11.3 Å². The largest absolute Gasteiger partial charge is 0.341 e. The van der Waals surface area contributed by atoms with E-state index in [-0.39, 0.29) is 5.91 Å². The highest BCUT2D eigenvalue weighted by Gasteiger charge is 2.23. The van der Waals surface area contributed by atoms with Gasteiger partial charge < -0.3 is 14.8 Å². The van der Waals surface area contributed by atoms with Crippen molar-refractivity contribution in [3.8, 4) is 5.69 Å². The second kappa shape index (κ2) is 6.10. The minimum absolute atomic E-state index is 0.165. The molecule has 0 unspecified atom stereocenters. The van der Waals surface area contributed by atoms with Gasteiger partial charge in [-0.3, -0.25) is 4.79 Å². The molecule has 1 aromatic heterocycles. The molecule has 0 saturated carbocycles. The summed E-state index contributed by atoms with van der Waals surface area (Å²) in [5.41, 5.74) is 2.38. The summed E-state index contributed by atoms with van der Waals surface area (Å²) >= 11 is 0. The zero-order valence-corrected chi connectivity index (χ0v) is 12.2. The van der Waals surface area contributed by atoms with Gasteiger partial charge in [-0.05, 0) is 18.1 Å². The number of nitrogens with one attached hydrogen (secondary N) is 1. The van der Waals surface area contributed by atoms with Crippen molar-refractivity contribution in [3.05, 3.63) is 48.5 Å². The Labute approximate surface area is 124 Å². The number of carbonyl (C=O) groups excluding carboxylic acids is 1. The molecular formula is C16H20N4O. The second-order valence-corrected chi connectivity index (χ2v) is 5.43. The maximum Gasteiger partial charge on any atom is 0.219 e. The van der Waals surface area contributed by atoms with E-state index in [1.165, 1.54) is 5.56 Å². The Morgan fingerprint density at radius 1 is 1.43 bits per heavy atom. The zero-order valence-electron chi connectivity index (χ0n) is 12.2. The fourth-order valence-electron chi connectivity index (χ4n) is 2.78. The number of amides is 1. The van der Waals surface area contributed by atoms with Crippen molar-refractivity contribution >= 4 is 5.91 Å². The maximum atomic E-state index is 11.4. The molecule has 5 nitrogen and oxygen atoms in total. The molecule has 21 heavy (non-hydrogen) atoms. The van der Waals surface area contributed by atoms with Gasteiger partial charge in [0.25, 0.3) is 0 Å². The van der Waals surface area contributed by atoms with E-state index in [4.69, 9.17) is 0 Å². The van der Waals surface area contributed by atoms with Crippen LogP contribution in [0.25, 0.3) is 5.69 Å². The van der Waals surface area contributed by atoms with Gasteiger partial charge in [-0.25, -0.2) is 4.98 Å². The topological polar surface area (TPSA) is 50.2 Å². The Morgan fingerprint density at radius 3 is 3.00 bits per heavy atom. The third-order valence-corrected chi connectivity index (χ3v) is 3.99. The van der Waals surface area contributed by atoms with E-state index in [0.29, 0.717) is 6.04 Å². The van der Waals surface area contributed by atoms with Crippen molar-refractivity contribution < 1.29 is 4.79 Å². The quantitative estimate of drug-likeness (QED) is 0.927. The normalized spacial score (nSPS) is 18.1. The molecule has 3 rings (SSSR count). The Hall–Kier alpha value is -2.14.